The van der Waals surface area contributed by atoms with Crippen LogP contribution in [0.5, 0.6) is 0 Å². The number of nitriles is 1. The Morgan fingerprint density at radius 3 is 2.61 bits per heavy atom. The Hall–Kier alpha value is -1.08. The molecule has 0 spiro atoms. The molecule has 2 unspecified atom stereocenters. The summed E-state index contributed by atoms with van der Waals surface area (Å²) >= 11 is 0. The molecule has 0 aliphatic heterocycles. The van der Waals surface area contributed by atoms with Crippen LogP contribution in [0.25, 0.3) is 0 Å². The van der Waals surface area contributed by atoms with Crippen molar-refractivity contribution in [3.8, 4) is 6.07 Å². The molecule has 0 heterocycles. The Bertz CT molecular complexity index is 342. The number of carbonyl (C=O) groups excluding carboxylic acids is 1. The van der Waals surface area contributed by atoms with Crippen molar-refractivity contribution >= 4 is 5.91 Å². The van der Waals surface area contributed by atoms with Crippen LogP contribution in [0.2, 0.25) is 0 Å². The van der Waals surface area contributed by atoms with E-state index in [0.717, 1.165) is 38.5 Å². The monoisotopic (exact) mass is 250 g/mol. The van der Waals surface area contributed by atoms with E-state index in [1.54, 1.807) is 0 Å². The Morgan fingerprint density at radius 1 is 1.28 bits per heavy atom. The zero-order valence-electron chi connectivity index (χ0n) is 10.8. The predicted octanol–water partition coefficient (Wildman–Crippen LogP) is 1.74. The van der Waals surface area contributed by atoms with E-state index in [4.69, 9.17) is 0 Å². The van der Waals surface area contributed by atoms with Crippen molar-refractivity contribution in [2.45, 2.75) is 57.4 Å². The molecule has 0 aromatic heterocycles. The quantitative estimate of drug-likeness (QED) is 0.801. The first-order valence-corrected chi connectivity index (χ1v) is 7.05. The Morgan fingerprint density at radius 2 is 2.00 bits per heavy atom. The van der Waals surface area contributed by atoms with Crippen LogP contribution in [0, 0.1) is 22.7 Å². The van der Waals surface area contributed by atoms with E-state index < -0.39 is 5.41 Å². The van der Waals surface area contributed by atoms with Gasteiger partial charge in [-0.05, 0) is 25.7 Å². The first kappa shape index (κ1) is 13.4. The van der Waals surface area contributed by atoms with E-state index in [1.807, 2.05) is 0 Å². The molecule has 2 atom stereocenters. The highest BCUT2D eigenvalue weighted by molar-refractivity contribution is 5.85. The average molecular weight is 250 g/mol. The van der Waals surface area contributed by atoms with Crippen molar-refractivity contribution in [2.75, 3.05) is 6.61 Å². The molecule has 0 saturated heterocycles. The number of nitrogens with zero attached hydrogens (tertiary/aromatic N) is 1. The summed E-state index contributed by atoms with van der Waals surface area (Å²) in [4.78, 5) is 12.4. The molecule has 2 rings (SSSR count). The number of rotatable bonds is 3. The average Bonchev–Trinajstić information content (AvgIpc) is 2.86. The lowest BCUT2D eigenvalue weighted by Crippen LogP contribution is -2.47. The van der Waals surface area contributed by atoms with Gasteiger partial charge in [-0.1, -0.05) is 25.7 Å². The molecule has 0 radical (unpaired) electrons. The maximum Gasteiger partial charge on any atom is 0.240 e. The Kier molecular flexibility index (Phi) is 4.23. The molecule has 0 aromatic carbocycles. The summed E-state index contributed by atoms with van der Waals surface area (Å²) in [5.74, 6) is 0.0725. The van der Waals surface area contributed by atoms with Gasteiger partial charge in [-0.3, -0.25) is 4.79 Å². The fourth-order valence-corrected chi connectivity index (χ4v) is 3.30. The lowest BCUT2D eigenvalue weighted by Gasteiger charge is -2.31. The van der Waals surface area contributed by atoms with Crippen molar-refractivity contribution in [1.82, 2.24) is 5.32 Å². The van der Waals surface area contributed by atoms with Gasteiger partial charge in [0.05, 0.1) is 6.07 Å². The highest BCUT2D eigenvalue weighted by Crippen LogP contribution is 2.36. The fraction of sp³-hybridized carbons (Fsp3) is 0.857. The maximum absolute atomic E-state index is 12.4. The molecule has 18 heavy (non-hydrogen) atoms. The van der Waals surface area contributed by atoms with Gasteiger partial charge in [-0.2, -0.15) is 5.26 Å². The van der Waals surface area contributed by atoms with Crippen LogP contribution < -0.4 is 5.32 Å². The second kappa shape index (κ2) is 5.71. The van der Waals surface area contributed by atoms with Crippen LogP contribution >= 0.6 is 0 Å². The first-order chi connectivity index (χ1) is 8.72. The molecule has 0 bridgehead atoms. The van der Waals surface area contributed by atoms with Gasteiger partial charge < -0.3 is 10.4 Å². The molecular weight excluding hydrogens is 228 g/mol. The van der Waals surface area contributed by atoms with Crippen molar-refractivity contribution < 1.29 is 9.90 Å². The maximum atomic E-state index is 12.4. The Labute approximate surface area is 108 Å². The molecular formula is C14H22N2O2. The fourth-order valence-electron chi connectivity index (χ4n) is 3.30. The summed E-state index contributed by atoms with van der Waals surface area (Å²) in [6, 6.07) is 2.31. The standard InChI is InChI=1S/C14H22N2O2/c15-10-14(7-2-1-3-8-14)13(18)16-12-6-4-5-11(12)9-17/h11-12,17H,1-9H2,(H,16,18). The van der Waals surface area contributed by atoms with Gasteiger partial charge in [0.15, 0.2) is 0 Å². The third-order valence-electron chi connectivity index (χ3n) is 4.57. The molecule has 100 valence electrons. The molecule has 0 aromatic rings. The summed E-state index contributed by atoms with van der Waals surface area (Å²) in [6.07, 6.45) is 7.39. The smallest absolute Gasteiger partial charge is 0.240 e. The van der Waals surface area contributed by atoms with E-state index >= 15 is 0 Å². The summed E-state index contributed by atoms with van der Waals surface area (Å²) in [6.45, 7) is 0.129. The van der Waals surface area contributed by atoms with Crippen LogP contribution in [0.3, 0.4) is 0 Å². The third-order valence-corrected chi connectivity index (χ3v) is 4.57. The number of nitrogens with one attached hydrogen (secondary N) is 1. The molecule has 2 saturated carbocycles. The molecule has 2 aliphatic rings. The molecule has 4 heteroatoms. The highest BCUT2D eigenvalue weighted by atomic mass is 16.3. The second-order valence-electron chi connectivity index (χ2n) is 5.71. The van der Waals surface area contributed by atoms with Crippen LogP contribution in [0.4, 0.5) is 0 Å². The summed E-state index contributed by atoms with van der Waals surface area (Å²) in [5.41, 5.74) is -0.805. The largest absolute Gasteiger partial charge is 0.396 e. The third kappa shape index (κ3) is 2.51. The molecule has 4 nitrogen and oxygen atoms in total. The number of hydrogen-bond donors (Lipinski definition) is 2. The molecule has 1 amide bonds. The van der Waals surface area contributed by atoms with E-state index in [-0.39, 0.29) is 24.5 Å². The van der Waals surface area contributed by atoms with E-state index in [0.29, 0.717) is 12.8 Å². The normalized spacial score (nSPS) is 30.7. The van der Waals surface area contributed by atoms with Crippen LogP contribution in [0.1, 0.15) is 51.4 Å². The van der Waals surface area contributed by atoms with Gasteiger partial charge in [-0.15, -0.1) is 0 Å². The second-order valence-corrected chi connectivity index (χ2v) is 5.71. The number of aliphatic hydroxyl groups is 1. The van der Waals surface area contributed by atoms with Crippen molar-refractivity contribution in [1.29, 1.82) is 5.26 Å². The molecule has 2 fully saturated rings. The number of aliphatic hydroxyl groups excluding tert-OH is 1. The van der Waals surface area contributed by atoms with Gasteiger partial charge in [0.2, 0.25) is 5.91 Å². The van der Waals surface area contributed by atoms with Crippen LogP contribution in [-0.4, -0.2) is 23.7 Å². The first-order valence-electron chi connectivity index (χ1n) is 7.05. The van der Waals surface area contributed by atoms with E-state index in [1.165, 1.54) is 0 Å². The van der Waals surface area contributed by atoms with E-state index in [9.17, 15) is 15.2 Å². The van der Waals surface area contributed by atoms with Gasteiger partial charge >= 0.3 is 0 Å². The van der Waals surface area contributed by atoms with Gasteiger partial charge in [0.1, 0.15) is 5.41 Å². The van der Waals surface area contributed by atoms with Gasteiger partial charge in [0, 0.05) is 18.6 Å². The highest BCUT2D eigenvalue weighted by Gasteiger charge is 2.41. The zero-order chi connectivity index (χ0) is 13.0. The molecule has 2 aliphatic carbocycles. The summed E-state index contributed by atoms with van der Waals surface area (Å²) in [7, 11) is 0. The summed E-state index contributed by atoms with van der Waals surface area (Å²) in [5, 5.41) is 21.6. The number of carbonyl (C=O) groups is 1. The van der Waals surface area contributed by atoms with Crippen molar-refractivity contribution in [2.24, 2.45) is 11.3 Å². The van der Waals surface area contributed by atoms with Crippen LogP contribution in [-0.2, 0) is 4.79 Å². The van der Waals surface area contributed by atoms with Crippen molar-refractivity contribution in [3.05, 3.63) is 0 Å². The SMILES string of the molecule is N#CC1(C(=O)NC2CCCC2CO)CCCCC1. The lowest BCUT2D eigenvalue weighted by atomic mass is 9.74. The minimum Gasteiger partial charge on any atom is -0.396 e. The summed E-state index contributed by atoms with van der Waals surface area (Å²) < 4.78 is 0. The van der Waals surface area contributed by atoms with Crippen molar-refractivity contribution in [3.63, 3.8) is 0 Å². The number of hydrogen-bond acceptors (Lipinski definition) is 3. The van der Waals surface area contributed by atoms with Gasteiger partial charge in [-0.25, -0.2) is 0 Å². The van der Waals surface area contributed by atoms with E-state index in [2.05, 4.69) is 11.4 Å². The Balaban J connectivity index is 2.00. The van der Waals surface area contributed by atoms with Gasteiger partial charge in [0.25, 0.3) is 0 Å². The lowest BCUT2D eigenvalue weighted by molar-refractivity contribution is -0.130. The minimum atomic E-state index is -0.805. The number of amides is 1. The minimum absolute atomic E-state index is 0.0645. The predicted molar refractivity (Wildman–Crippen MR) is 67.5 cm³/mol. The molecule has 2 N–H and O–H groups in total. The van der Waals surface area contributed by atoms with Crippen LogP contribution in [0.15, 0.2) is 0 Å². The zero-order valence-corrected chi connectivity index (χ0v) is 10.8. The topological polar surface area (TPSA) is 73.1 Å².